The first-order valence-electron chi connectivity index (χ1n) is 16.0. The number of urea groups is 1. The predicted molar refractivity (Wildman–Crippen MR) is 185 cm³/mol. The number of hydrogen-bond acceptors (Lipinski definition) is 6. The van der Waals surface area contributed by atoms with E-state index >= 15 is 0 Å². The molecule has 5 rings (SSSR count). The van der Waals surface area contributed by atoms with Gasteiger partial charge in [0, 0.05) is 53.1 Å². The van der Waals surface area contributed by atoms with E-state index < -0.39 is 24.0 Å². The van der Waals surface area contributed by atoms with Crippen LogP contribution in [0.25, 0.3) is 11.1 Å². The van der Waals surface area contributed by atoms with Crippen molar-refractivity contribution in [2.45, 2.75) is 58.0 Å². The van der Waals surface area contributed by atoms with Crippen LogP contribution >= 0.6 is 11.6 Å². The fourth-order valence-corrected chi connectivity index (χ4v) is 5.98. The first-order chi connectivity index (χ1) is 23.6. The number of benzene rings is 3. The lowest BCUT2D eigenvalue weighted by Crippen LogP contribution is -2.43. The van der Waals surface area contributed by atoms with Crippen LogP contribution in [0, 0.1) is 6.92 Å². The average Bonchev–Trinajstić information content (AvgIpc) is 3.54. The SMILES string of the molecule is Cc1c(Cl)cccc1OCCCC(=O)N1CCCc2c(-c3cnn(Cc4cccc(NC(=O)N[C@@H](CCC(=O)O)C(=O)O)c4)c3)cccc21. The highest BCUT2D eigenvalue weighted by atomic mass is 35.5. The molecule has 0 radical (unpaired) electrons. The van der Waals surface area contributed by atoms with Gasteiger partial charge >= 0.3 is 18.0 Å². The number of nitrogens with one attached hydrogen (secondary N) is 2. The van der Waals surface area contributed by atoms with Gasteiger partial charge in [-0.05, 0) is 79.6 Å². The third-order valence-electron chi connectivity index (χ3n) is 8.29. The molecule has 0 saturated carbocycles. The molecule has 3 amide bonds. The molecule has 0 saturated heterocycles. The van der Waals surface area contributed by atoms with Crippen molar-refractivity contribution in [3.8, 4) is 16.9 Å². The average molecular weight is 688 g/mol. The van der Waals surface area contributed by atoms with E-state index in [1.807, 2.05) is 60.5 Å². The van der Waals surface area contributed by atoms with Crippen molar-refractivity contribution in [1.82, 2.24) is 15.1 Å². The fraction of sp³-hybridized carbons (Fsp3) is 0.306. The lowest BCUT2D eigenvalue weighted by atomic mass is 9.93. The summed E-state index contributed by atoms with van der Waals surface area (Å²) in [5, 5.41) is 28.3. The van der Waals surface area contributed by atoms with E-state index in [-0.39, 0.29) is 18.7 Å². The van der Waals surface area contributed by atoms with Crippen molar-refractivity contribution in [3.63, 3.8) is 0 Å². The van der Waals surface area contributed by atoms with E-state index in [0.717, 1.165) is 52.1 Å². The van der Waals surface area contributed by atoms with Gasteiger partial charge in [-0.1, -0.05) is 41.9 Å². The highest BCUT2D eigenvalue weighted by Gasteiger charge is 2.25. The van der Waals surface area contributed by atoms with Gasteiger partial charge in [-0.2, -0.15) is 5.10 Å². The Labute approximate surface area is 288 Å². The van der Waals surface area contributed by atoms with Crippen LogP contribution in [0.3, 0.4) is 0 Å². The summed E-state index contributed by atoms with van der Waals surface area (Å²) in [4.78, 5) is 49.9. The number of carboxylic acid groups (broad SMARTS) is 2. The molecular weight excluding hydrogens is 650 g/mol. The van der Waals surface area contributed by atoms with Crippen LogP contribution in [0.4, 0.5) is 16.2 Å². The second kappa shape index (κ2) is 16.2. The number of halogens is 1. The standard InChI is InChI=1S/C36H38ClN5O7/c1-23-29(37)11-4-13-32(23)49-18-6-14-33(43)42-17-5-10-28-27(9-3-12-31(28)42)25-20-38-41(22-25)21-24-7-2-8-26(19-24)39-36(48)40-30(35(46)47)15-16-34(44)45/h2-4,7-9,11-13,19-20,22,30H,5-6,10,14-18,21H2,1H3,(H,44,45)(H,46,47)(H2,39,40,48)/t30-/m0/s1. The molecule has 4 N–H and O–H groups in total. The van der Waals surface area contributed by atoms with Gasteiger partial charge < -0.3 is 30.5 Å². The molecule has 12 nitrogen and oxygen atoms in total. The number of aliphatic carboxylic acids is 2. The number of anilines is 2. The van der Waals surface area contributed by atoms with Gasteiger partial charge in [0.1, 0.15) is 11.8 Å². The molecule has 1 aliphatic heterocycles. The van der Waals surface area contributed by atoms with Crippen LogP contribution < -0.4 is 20.3 Å². The summed E-state index contributed by atoms with van der Waals surface area (Å²) in [7, 11) is 0. The van der Waals surface area contributed by atoms with Crippen molar-refractivity contribution in [2.75, 3.05) is 23.4 Å². The minimum absolute atomic E-state index is 0.0566. The number of carboxylic acids is 2. The minimum atomic E-state index is -1.33. The quantitative estimate of drug-likeness (QED) is 0.115. The maximum atomic E-state index is 13.3. The minimum Gasteiger partial charge on any atom is -0.493 e. The Morgan fingerprint density at radius 3 is 2.63 bits per heavy atom. The van der Waals surface area contributed by atoms with Gasteiger partial charge in [0.15, 0.2) is 0 Å². The van der Waals surface area contributed by atoms with Gasteiger partial charge in [-0.25, -0.2) is 9.59 Å². The molecule has 1 atom stereocenters. The first kappa shape index (κ1) is 35.0. The molecular formula is C36H38ClN5O7. The zero-order valence-electron chi connectivity index (χ0n) is 27.0. The van der Waals surface area contributed by atoms with E-state index in [9.17, 15) is 24.3 Å². The molecule has 0 bridgehead atoms. The van der Waals surface area contributed by atoms with Crippen molar-refractivity contribution in [3.05, 3.63) is 94.8 Å². The smallest absolute Gasteiger partial charge is 0.326 e. The highest BCUT2D eigenvalue weighted by molar-refractivity contribution is 6.31. The van der Waals surface area contributed by atoms with E-state index in [0.29, 0.717) is 43.2 Å². The van der Waals surface area contributed by atoms with Crippen LogP contribution in [0.1, 0.15) is 48.8 Å². The predicted octanol–water partition coefficient (Wildman–Crippen LogP) is 6.14. The van der Waals surface area contributed by atoms with E-state index in [2.05, 4.69) is 15.7 Å². The molecule has 0 spiro atoms. The number of carbonyl (C=O) groups is 4. The Kier molecular flexibility index (Phi) is 11.5. The number of nitrogens with zero attached hydrogens (tertiary/aromatic N) is 3. The zero-order chi connectivity index (χ0) is 34.9. The highest BCUT2D eigenvalue weighted by Crippen LogP contribution is 2.36. The second-order valence-corrected chi connectivity index (χ2v) is 12.2. The summed E-state index contributed by atoms with van der Waals surface area (Å²) in [6.45, 7) is 3.39. The lowest BCUT2D eigenvalue weighted by molar-refractivity contribution is -0.140. The largest absolute Gasteiger partial charge is 0.493 e. The van der Waals surface area contributed by atoms with Gasteiger partial charge in [0.05, 0.1) is 19.3 Å². The monoisotopic (exact) mass is 687 g/mol. The first-order valence-corrected chi connectivity index (χ1v) is 16.4. The van der Waals surface area contributed by atoms with Crippen molar-refractivity contribution in [1.29, 1.82) is 0 Å². The Morgan fingerprint density at radius 2 is 1.84 bits per heavy atom. The van der Waals surface area contributed by atoms with E-state index in [1.165, 1.54) is 0 Å². The molecule has 0 unspecified atom stereocenters. The molecule has 0 aliphatic carbocycles. The zero-order valence-corrected chi connectivity index (χ0v) is 27.8. The van der Waals surface area contributed by atoms with E-state index in [1.54, 1.807) is 29.1 Å². The second-order valence-electron chi connectivity index (χ2n) is 11.8. The van der Waals surface area contributed by atoms with Crippen LogP contribution in [0.15, 0.2) is 73.1 Å². The Balaban J connectivity index is 1.20. The topological polar surface area (TPSA) is 163 Å². The van der Waals surface area contributed by atoms with Crippen LogP contribution in [0.5, 0.6) is 5.75 Å². The summed E-state index contributed by atoms with van der Waals surface area (Å²) in [5.41, 5.74) is 6.12. The summed E-state index contributed by atoms with van der Waals surface area (Å²) < 4.78 is 7.67. The van der Waals surface area contributed by atoms with Crippen LogP contribution in [-0.2, 0) is 27.3 Å². The lowest BCUT2D eigenvalue weighted by Gasteiger charge is -2.31. The van der Waals surface area contributed by atoms with Crippen molar-refractivity contribution < 1.29 is 34.1 Å². The van der Waals surface area contributed by atoms with Crippen LogP contribution in [-0.4, -0.2) is 63.1 Å². The molecule has 13 heteroatoms. The number of fused-ring (bicyclic) bond motifs is 1. The van der Waals surface area contributed by atoms with Crippen molar-refractivity contribution in [2.24, 2.45) is 0 Å². The fourth-order valence-electron chi connectivity index (χ4n) is 5.81. The molecule has 3 aromatic carbocycles. The molecule has 256 valence electrons. The molecule has 1 aliphatic rings. The summed E-state index contributed by atoms with van der Waals surface area (Å²) in [5.74, 6) is -1.68. The number of hydrogen-bond donors (Lipinski definition) is 4. The molecule has 2 heterocycles. The number of rotatable bonds is 14. The molecule has 1 aromatic heterocycles. The maximum absolute atomic E-state index is 13.3. The van der Waals surface area contributed by atoms with Crippen LogP contribution in [0.2, 0.25) is 5.02 Å². The van der Waals surface area contributed by atoms with Crippen molar-refractivity contribution >= 4 is 46.9 Å². The Hall–Kier alpha value is -5.36. The van der Waals surface area contributed by atoms with Gasteiger partial charge in [-0.3, -0.25) is 14.3 Å². The normalized spacial score (nSPS) is 12.9. The van der Waals surface area contributed by atoms with E-state index in [4.69, 9.17) is 21.4 Å². The summed E-state index contributed by atoms with van der Waals surface area (Å²) in [6, 6.07) is 16.5. The summed E-state index contributed by atoms with van der Waals surface area (Å²) >= 11 is 6.19. The van der Waals surface area contributed by atoms with Gasteiger partial charge in [0.2, 0.25) is 5.91 Å². The van der Waals surface area contributed by atoms with Gasteiger partial charge in [0.25, 0.3) is 0 Å². The third-order valence-corrected chi connectivity index (χ3v) is 8.70. The Morgan fingerprint density at radius 1 is 1.04 bits per heavy atom. The third kappa shape index (κ3) is 9.17. The Bertz CT molecular complexity index is 1840. The number of aromatic nitrogens is 2. The number of amides is 3. The molecule has 0 fully saturated rings. The molecule has 4 aromatic rings. The molecule has 49 heavy (non-hydrogen) atoms. The maximum Gasteiger partial charge on any atom is 0.326 e. The number of carbonyl (C=O) groups excluding carboxylic acids is 2. The summed E-state index contributed by atoms with van der Waals surface area (Å²) in [6.07, 6.45) is 5.75. The van der Waals surface area contributed by atoms with Gasteiger partial charge in [-0.15, -0.1) is 0 Å². The number of ether oxygens (including phenoxy) is 1.